The first-order valence-electron chi connectivity index (χ1n) is 5.39. The molecule has 6 heteroatoms. The Bertz CT molecular complexity index is 429. The molecule has 1 unspecified atom stereocenters. The maximum absolute atomic E-state index is 11.6. The molecule has 1 N–H and O–H groups in total. The molecule has 2 rings (SSSR count). The van der Waals surface area contributed by atoms with Gasteiger partial charge in [-0.05, 0) is 12.1 Å². The number of hydrogen-bond acceptors (Lipinski definition) is 5. The molecule has 6 nitrogen and oxygen atoms in total. The average molecular weight is 252 g/mol. The fraction of sp³-hybridized carbons (Fsp3) is 0.333. The van der Waals surface area contributed by atoms with Gasteiger partial charge >= 0.3 is 11.9 Å². The van der Waals surface area contributed by atoms with Crippen LogP contribution in [-0.2, 0) is 19.0 Å². The standard InChI is InChI=1S/C12H12O6/c13-11(14)9-6-16-10(18-9)7-17-12(15)8-4-2-1-3-5-8/h1-5,9-10H,6-7H2,(H,13,14)/t9-,10?/m0/s1. The summed E-state index contributed by atoms with van der Waals surface area (Å²) >= 11 is 0. The zero-order valence-electron chi connectivity index (χ0n) is 9.44. The minimum absolute atomic E-state index is 0.0388. The first kappa shape index (κ1) is 12.5. The molecule has 0 aromatic heterocycles. The molecule has 1 aliphatic heterocycles. The summed E-state index contributed by atoms with van der Waals surface area (Å²) in [7, 11) is 0. The van der Waals surface area contributed by atoms with Crippen molar-refractivity contribution in [1.29, 1.82) is 0 Å². The minimum atomic E-state index is -1.09. The van der Waals surface area contributed by atoms with Gasteiger partial charge in [-0.1, -0.05) is 18.2 Å². The Morgan fingerprint density at radius 2 is 2.06 bits per heavy atom. The second-order valence-electron chi connectivity index (χ2n) is 3.69. The van der Waals surface area contributed by atoms with Crippen molar-refractivity contribution in [2.75, 3.05) is 13.2 Å². The summed E-state index contributed by atoms with van der Waals surface area (Å²) in [5.41, 5.74) is 0.422. The topological polar surface area (TPSA) is 82.1 Å². The van der Waals surface area contributed by atoms with Gasteiger partial charge in [-0.3, -0.25) is 0 Å². The van der Waals surface area contributed by atoms with E-state index in [-0.39, 0.29) is 13.2 Å². The predicted molar refractivity (Wildman–Crippen MR) is 59.0 cm³/mol. The Kier molecular flexibility index (Phi) is 3.91. The molecule has 0 aliphatic carbocycles. The Labute approximate surface area is 103 Å². The van der Waals surface area contributed by atoms with E-state index < -0.39 is 24.3 Å². The lowest BCUT2D eigenvalue weighted by Gasteiger charge is -2.10. The van der Waals surface area contributed by atoms with Crippen LogP contribution in [0.4, 0.5) is 0 Å². The molecule has 2 atom stereocenters. The Hall–Kier alpha value is -1.92. The van der Waals surface area contributed by atoms with Crippen LogP contribution >= 0.6 is 0 Å². The van der Waals surface area contributed by atoms with Crippen molar-refractivity contribution in [2.24, 2.45) is 0 Å². The van der Waals surface area contributed by atoms with E-state index in [1.807, 2.05) is 0 Å². The normalized spacial score (nSPS) is 22.7. The molecule has 1 aliphatic rings. The third-order valence-corrected chi connectivity index (χ3v) is 2.38. The van der Waals surface area contributed by atoms with Gasteiger partial charge in [0.1, 0.15) is 6.61 Å². The van der Waals surface area contributed by atoms with Gasteiger partial charge in [0.05, 0.1) is 12.2 Å². The van der Waals surface area contributed by atoms with E-state index in [9.17, 15) is 9.59 Å². The largest absolute Gasteiger partial charge is 0.479 e. The van der Waals surface area contributed by atoms with Gasteiger partial charge in [-0.25, -0.2) is 9.59 Å². The number of hydrogen-bond donors (Lipinski definition) is 1. The van der Waals surface area contributed by atoms with Crippen LogP contribution in [0.5, 0.6) is 0 Å². The third kappa shape index (κ3) is 3.06. The van der Waals surface area contributed by atoms with Crippen molar-refractivity contribution < 1.29 is 28.9 Å². The van der Waals surface area contributed by atoms with Gasteiger partial charge in [0, 0.05) is 0 Å². The van der Waals surface area contributed by atoms with E-state index in [0.29, 0.717) is 5.56 Å². The summed E-state index contributed by atoms with van der Waals surface area (Å²) < 4.78 is 15.0. The lowest BCUT2D eigenvalue weighted by molar-refractivity contribution is -0.152. The quantitative estimate of drug-likeness (QED) is 0.793. The second-order valence-corrected chi connectivity index (χ2v) is 3.69. The average Bonchev–Trinajstić information content (AvgIpc) is 2.86. The van der Waals surface area contributed by atoms with Crippen LogP contribution in [0.2, 0.25) is 0 Å². The van der Waals surface area contributed by atoms with E-state index >= 15 is 0 Å². The zero-order chi connectivity index (χ0) is 13.0. The number of benzene rings is 1. The van der Waals surface area contributed by atoms with Crippen molar-refractivity contribution in [3.05, 3.63) is 35.9 Å². The van der Waals surface area contributed by atoms with Gasteiger partial charge in [0.25, 0.3) is 0 Å². The van der Waals surface area contributed by atoms with E-state index in [1.165, 1.54) is 0 Å². The maximum Gasteiger partial charge on any atom is 0.338 e. The summed E-state index contributed by atoms with van der Waals surface area (Å²) in [4.78, 5) is 22.2. The highest BCUT2D eigenvalue weighted by Crippen LogP contribution is 2.12. The molecule has 1 saturated heterocycles. The number of carbonyl (C=O) groups is 2. The van der Waals surface area contributed by atoms with Crippen LogP contribution in [-0.4, -0.2) is 42.7 Å². The van der Waals surface area contributed by atoms with Crippen LogP contribution in [0.25, 0.3) is 0 Å². The molecular formula is C12H12O6. The van der Waals surface area contributed by atoms with Gasteiger partial charge in [-0.2, -0.15) is 0 Å². The maximum atomic E-state index is 11.6. The highest BCUT2D eigenvalue weighted by molar-refractivity contribution is 5.89. The van der Waals surface area contributed by atoms with Crippen molar-refractivity contribution in [2.45, 2.75) is 12.4 Å². The molecule has 0 radical (unpaired) electrons. The number of ether oxygens (including phenoxy) is 3. The molecule has 1 aromatic rings. The predicted octanol–water partition coefficient (Wildman–Crippen LogP) is 0.669. The minimum Gasteiger partial charge on any atom is -0.479 e. The van der Waals surface area contributed by atoms with Crippen molar-refractivity contribution >= 4 is 11.9 Å². The summed E-state index contributed by atoms with van der Waals surface area (Å²) in [5, 5.41) is 8.67. The number of carbonyl (C=O) groups excluding carboxylic acids is 1. The molecule has 0 bridgehead atoms. The Balaban J connectivity index is 1.79. The fourth-order valence-corrected chi connectivity index (χ4v) is 1.47. The highest BCUT2D eigenvalue weighted by atomic mass is 16.7. The number of rotatable bonds is 4. The molecule has 0 saturated carbocycles. The summed E-state index contributed by atoms with van der Waals surface area (Å²) in [5.74, 6) is -1.59. The van der Waals surface area contributed by atoms with Crippen LogP contribution < -0.4 is 0 Å². The van der Waals surface area contributed by atoms with Crippen LogP contribution in [0.15, 0.2) is 30.3 Å². The monoisotopic (exact) mass is 252 g/mol. The van der Waals surface area contributed by atoms with Gasteiger partial charge in [-0.15, -0.1) is 0 Å². The fourth-order valence-electron chi connectivity index (χ4n) is 1.47. The molecule has 1 aromatic carbocycles. The SMILES string of the molecule is O=C(OCC1OC[C@@H](C(=O)O)O1)c1ccccc1. The van der Waals surface area contributed by atoms with E-state index in [0.717, 1.165) is 0 Å². The molecule has 1 fully saturated rings. The molecule has 96 valence electrons. The molecule has 0 spiro atoms. The van der Waals surface area contributed by atoms with Crippen molar-refractivity contribution in [3.8, 4) is 0 Å². The van der Waals surface area contributed by atoms with Gasteiger partial charge in [0.2, 0.25) is 0 Å². The smallest absolute Gasteiger partial charge is 0.338 e. The Morgan fingerprint density at radius 1 is 1.33 bits per heavy atom. The lowest BCUT2D eigenvalue weighted by Crippen LogP contribution is -2.25. The zero-order valence-corrected chi connectivity index (χ0v) is 9.44. The number of carboxylic acids is 1. The third-order valence-electron chi connectivity index (χ3n) is 2.38. The highest BCUT2D eigenvalue weighted by Gasteiger charge is 2.32. The van der Waals surface area contributed by atoms with Crippen molar-refractivity contribution in [1.82, 2.24) is 0 Å². The first-order valence-corrected chi connectivity index (χ1v) is 5.39. The molecule has 1 heterocycles. The molecule has 0 amide bonds. The summed E-state index contributed by atoms with van der Waals surface area (Å²) in [6, 6.07) is 8.48. The first-order chi connectivity index (χ1) is 8.66. The van der Waals surface area contributed by atoms with Crippen molar-refractivity contribution in [3.63, 3.8) is 0 Å². The van der Waals surface area contributed by atoms with Crippen LogP contribution in [0.3, 0.4) is 0 Å². The van der Waals surface area contributed by atoms with E-state index in [2.05, 4.69) is 0 Å². The van der Waals surface area contributed by atoms with Crippen LogP contribution in [0, 0.1) is 0 Å². The number of esters is 1. The molecular weight excluding hydrogens is 240 g/mol. The second kappa shape index (κ2) is 5.61. The van der Waals surface area contributed by atoms with Gasteiger partial charge in [0.15, 0.2) is 12.4 Å². The summed E-state index contributed by atoms with van der Waals surface area (Å²) in [6.07, 6.45) is -1.82. The Morgan fingerprint density at radius 3 is 2.67 bits per heavy atom. The van der Waals surface area contributed by atoms with Crippen LogP contribution in [0.1, 0.15) is 10.4 Å². The number of carboxylic acid groups (broad SMARTS) is 1. The van der Waals surface area contributed by atoms with Gasteiger partial charge < -0.3 is 19.3 Å². The van der Waals surface area contributed by atoms with E-state index in [4.69, 9.17) is 19.3 Å². The lowest BCUT2D eigenvalue weighted by atomic mass is 10.2. The summed E-state index contributed by atoms with van der Waals surface area (Å²) in [6.45, 7) is -0.166. The molecule has 18 heavy (non-hydrogen) atoms. The van der Waals surface area contributed by atoms with E-state index in [1.54, 1.807) is 30.3 Å². The number of aliphatic carboxylic acids is 1.